The number of likely N-dealkylation sites (N-methyl/N-ethyl adjacent to an activating group) is 1. The van der Waals surface area contributed by atoms with Crippen LogP contribution in [0.15, 0.2) is 22.9 Å². The highest BCUT2D eigenvalue weighted by molar-refractivity contribution is 9.10. The van der Waals surface area contributed by atoms with Crippen LogP contribution in [0.25, 0.3) is 0 Å². The number of carbonyl (C=O) groups excluding carboxylic acids is 1. The monoisotopic (exact) mass is 400 g/mol. The van der Waals surface area contributed by atoms with Gasteiger partial charge in [0.2, 0.25) is 0 Å². The van der Waals surface area contributed by atoms with Gasteiger partial charge in [-0.25, -0.2) is 9.78 Å². The normalized spacial score (nSPS) is 14.1. The largest absolute Gasteiger partial charge is 0.444 e. The Labute approximate surface area is 153 Å². The van der Waals surface area contributed by atoms with Crippen LogP contribution in [0.4, 0.5) is 4.79 Å². The lowest BCUT2D eigenvalue weighted by Crippen LogP contribution is -2.47. The molecule has 136 valence electrons. The van der Waals surface area contributed by atoms with Crippen molar-refractivity contribution in [2.24, 2.45) is 0 Å². The van der Waals surface area contributed by atoms with Gasteiger partial charge in [0.05, 0.1) is 6.54 Å². The molecule has 0 aromatic carbocycles. The van der Waals surface area contributed by atoms with E-state index in [9.17, 15) is 4.79 Å². The predicted octanol–water partition coefficient (Wildman–Crippen LogP) is 4.74. The van der Waals surface area contributed by atoms with Crippen molar-refractivity contribution < 1.29 is 14.3 Å². The van der Waals surface area contributed by atoms with Crippen molar-refractivity contribution in [3.63, 3.8) is 0 Å². The predicted molar refractivity (Wildman–Crippen MR) is 99.0 cm³/mol. The maximum Gasteiger partial charge on any atom is 0.410 e. The second-order valence-corrected chi connectivity index (χ2v) is 7.46. The zero-order valence-electron chi connectivity index (χ0n) is 15.6. The molecule has 5 nitrogen and oxygen atoms in total. The smallest absolute Gasteiger partial charge is 0.410 e. The number of pyridine rings is 1. The lowest BCUT2D eigenvalue weighted by atomic mass is 9.91. The van der Waals surface area contributed by atoms with Gasteiger partial charge < -0.3 is 14.4 Å². The van der Waals surface area contributed by atoms with Gasteiger partial charge in [-0.1, -0.05) is 13.0 Å². The Morgan fingerprint density at radius 1 is 1.25 bits per heavy atom. The van der Waals surface area contributed by atoms with Gasteiger partial charge in [0, 0.05) is 24.9 Å². The molecular weight excluding hydrogens is 372 g/mol. The molecule has 0 fully saturated rings. The fourth-order valence-electron chi connectivity index (χ4n) is 2.50. The third-order valence-electron chi connectivity index (χ3n) is 3.72. The third-order valence-corrected chi connectivity index (χ3v) is 4.19. The van der Waals surface area contributed by atoms with Crippen molar-refractivity contribution in [2.45, 2.75) is 59.2 Å². The summed E-state index contributed by atoms with van der Waals surface area (Å²) in [5.41, 5.74) is -0.170. The average Bonchev–Trinajstić information content (AvgIpc) is 2.50. The van der Waals surface area contributed by atoms with E-state index in [0.29, 0.717) is 19.7 Å². The van der Waals surface area contributed by atoms with Crippen LogP contribution in [-0.4, -0.2) is 41.3 Å². The van der Waals surface area contributed by atoms with Gasteiger partial charge >= 0.3 is 6.09 Å². The lowest BCUT2D eigenvalue weighted by molar-refractivity contribution is -0.0716. The van der Waals surface area contributed by atoms with E-state index in [1.54, 1.807) is 11.1 Å². The number of ether oxygens (including phenoxy) is 2. The van der Waals surface area contributed by atoms with Crippen molar-refractivity contribution in [1.82, 2.24) is 9.88 Å². The first-order valence-electron chi connectivity index (χ1n) is 8.41. The van der Waals surface area contributed by atoms with E-state index in [1.165, 1.54) is 0 Å². The summed E-state index contributed by atoms with van der Waals surface area (Å²) in [6, 6.07) is 3.88. The topological polar surface area (TPSA) is 51.7 Å². The SMILES string of the molecule is CCOC(CC)(CN(CC)C(=O)OC(C)(C)C)c1ccc(Br)nc1. The summed E-state index contributed by atoms with van der Waals surface area (Å²) in [6.45, 7) is 13.1. The van der Waals surface area contributed by atoms with E-state index in [-0.39, 0.29) is 6.09 Å². The summed E-state index contributed by atoms with van der Waals surface area (Å²) in [6.07, 6.45) is 2.20. The summed E-state index contributed by atoms with van der Waals surface area (Å²) < 4.78 is 12.4. The van der Waals surface area contributed by atoms with E-state index >= 15 is 0 Å². The highest BCUT2D eigenvalue weighted by atomic mass is 79.9. The molecular formula is C18H29BrN2O3. The number of halogens is 1. The molecule has 0 spiro atoms. The highest BCUT2D eigenvalue weighted by Crippen LogP contribution is 2.31. The number of amides is 1. The first-order chi connectivity index (χ1) is 11.2. The lowest BCUT2D eigenvalue weighted by Gasteiger charge is -2.38. The Hall–Kier alpha value is -1.14. The van der Waals surface area contributed by atoms with Gasteiger partial charge in [0.15, 0.2) is 0 Å². The molecule has 0 bridgehead atoms. The van der Waals surface area contributed by atoms with Gasteiger partial charge in [-0.3, -0.25) is 0 Å². The molecule has 0 saturated carbocycles. The van der Waals surface area contributed by atoms with Gasteiger partial charge in [0.1, 0.15) is 15.8 Å². The van der Waals surface area contributed by atoms with Crippen LogP contribution >= 0.6 is 15.9 Å². The van der Waals surface area contributed by atoms with E-state index in [2.05, 4.69) is 27.8 Å². The quantitative estimate of drug-likeness (QED) is 0.619. The van der Waals surface area contributed by atoms with Crippen molar-refractivity contribution in [1.29, 1.82) is 0 Å². The Bertz CT molecular complexity index is 528. The van der Waals surface area contributed by atoms with Crippen molar-refractivity contribution in [2.75, 3.05) is 19.7 Å². The molecule has 0 N–H and O–H groups in total. The molecule has 0 aliphatic rings. The molecule has 0 aliphatic heterocycles. The molecule has 0 saturated heterocycles. The van der Waals surface area contributed by atoms with Crippen LogP contribution < -0.4 is 0 Å². The van der Waals surface area contributed by atoms with Gasteiger partial charge in [0.25, 0.3) is 0 Å². The molecule has 1 aromatic heterocycles. The summed E-state index contributed by atoms with van der Waals surface area (Å²) in [5.74, 6) is 0. The van der Waals surface area contributed by atoms with Crippen LogP contribution in [0.3, 0.4) is 0 Å². The first kappa shape index (κ1) is 20.9. The molecule has 1 heterocycles. The third kappa shape index (κ3) is 5.74. The molecule has 1 aromatic rings. The minimum absolute atomic E-state index is 0.326. The standard InChI is InChI=1S/C18H29BrN2O3/c1-7-18(23-9-3,14-10-11-15(19)20-12-14)13-21(8-2)16(22)24-17(4,5)6/h10-12H,7-9,13H2,1-6H3. The second-order valence-electron chi connectivity index (χ2n) is 6.64. The van der Waals surface area contributed by atoms with Crippen molar-refractivity contribution in [3.05, 3.63) is 28.5 Å². The molecule has 1 atom stereocenters. The number of hydrogen-bond donors (Lipinski definition) is 0. The maximum absolute atomic E-state index is 12.5. The number of aromatic nitrogens is 1. The molecule has 0 aliphatic carbocycles. The first-order valence-corrected chi connectivity index (χ1v) is 9.20. The molecule has 0 radical (unpaired) electrons. The van der Waals surface area contributed by atoms with Crippen LogP contribution in [0.2, 0.25) is 0 Å². The highest BCUT2D eigenvalue weighted by Gasteiger charge is 2.36. The van der Waals surface area contributed by atoms with Crippen LogP contribution in [0.1, 0.15) is 53.5 Å². The maximum atomic E-state index is 12.5. The summed E-state index contributed by atoms with van der Waals surface area (Å²) in [5, 5.41) is 0. The van der Waals surface area contributed by atoms with Crippen molar-refractivity contribution in [3.8, 4) is 0 Å². The zero-order chi connectivity index (χ0) is 18.4. The number of carbonyl (C=O) groups is 1. The number of nitrogens with zero attached hydrogens (tertiary/aromatic N) is 2. The summed E-state index contributed by atoms with van der Waals surface area (Å²) in [7, 11) is 0. The fraction of sp³-hybridized carbons (Fsp3) is 0.667. The minimum atomic E-state index is -0.602. The Kier molecular flexibility index (Phi) is 7.67. The van der Waals surface area contributed by atoms with Gasteiger partial charge in [-0.15, -0.1) is 0 Å². The summed E-state index contributed by atoms with van der Waals surface area (Å²) in [4.78, 5) is 18.5. The van der Waals surface area contributed by atoms with E-state index < -0.39 is 11.2 Å². The molecule has 1 amide bonds. The van der Waals surface area contributed by atoms with Gasteiger partial charge in [-0.2, -0.15) is 0 Å². The van der Waals surface area contributed by atoms with E-state index in [4.69, 9.17) is 9.47 Å². The second kappa shape index (κ2) is 8.81. The minimum Gasteiger partial charge on any atom is -0.444 e. The van der Waals surface area contributed by atoms with Crippen LogP contribution in [0.5, 0.6) is 0 Å². The van der Waals surface area contributed by atoms with Gasteiger partial charge in [-0.05, 0) is 63.0 Å². The van der Waals surface area contributed by atoms with E-state index in [1.807, 2.05) is 46.8 Å². The fourth-order valence-corrected chi connectivity index (χ4v) is 2.73. The Balaban J connectivity index is 3.10. The van der Waals surface area contributed by atoms with Crippen LogP contribution in [0, 0.1) is 0 Å². The Morgan fingerprint density at radius 2 is 1.92 bits per heavy atom. The Morgan fingerprint density at radius 3 is 2.33 bits per heavy atom. The number of rotatable bonds is 7. The number of hydrogen-bond acceptors (Lipinski definition) is 4. The van der Waals surface area contributed by atoms with Crippen LogP contribution in [-0.2, 0) is 15.1 Å². The summed E-state index contributed by atoms with van der Waals surface area (Å²) >= 11 is 3.36. The molecule has 24 heavy (non-hydrogen) atoms. The van der Waals surface area contributed by atoms with E-state index in [0.717, 1.165) is 16.6 Å². The van der Waals surface area contributed by atoms with Crippen molar-refractivity contribution >= 4 is 22.0 Å². The zero-order valence-corrected chi connectivity index (χ0v) is 17.1. The molecule has 6 heteroatoms. The molecule has 1 unspecified atom stereocenters. The molecule has 1 rings (SSSR count). The average molecular weight is 401 g/mol.